The van der Waals surface area contributed by atoms with Gasteiger partial charge in [0.25, 0.3) is 0 Å². The second-order valence-corrected chi connectivity index (χ2v) is 3.85. The van der Waals surface area contributed by atoms with Crippen molar-refractivity contribution in [3.8, 4) is 34.8 Å². The van der Waals surface area contributed by atoms with Gasteiger partial charge in [-0.15, -0.1) is 0 Å². The van der Waals surface area contributed by atoms with Crippen LogP contribution in [0.1, 0.15) is 11.1 Å². The summed E-state index contributed by atoms with van der Waals surface area (Å²) >= 11 is 0. The zero-order chi connectivity index (χ0) is 13.8. The first kappa shape index (κ1) is 12.7. The molecule has 0 radical (unpaired) electrons. The predicted octanol–water partition coefficient (Wildman–Crippen LogP) is 2.21. The van der Waals surface area contributed by atoms with E-state index in [4.69, 9.17) is 4.74 Å². The Morgan fingerprint density at radius 3 is 2.11 bits per heavy atom. The average Bonchev–Trinajstić information content (AvgIpc) is 2.36. The highest BCUT2D eigenvalue weighted by atomic mass is 16.5. The van der Waals surface area contributed by atoms with Crippen LogP contribution in [0.25, 0.3) is 0 Å². The van der Waals surface area contributed by atoms with Crippen LogP contribution in [-0.4, -0.2) is 22.4 Å². The van der Waals surface area contributed by atoms with Crippen LogP contribution in [0.2, 0.25) is 0 Å². The first-order chi connectivity index (χ1) is 9.10. The zero-order valence-corrected chi connectivity index (χ0v) is 10.2. The third-order valence-electron chi connectivity index (χ3n) is 2.45. The largest absolute Gasteiger partial charge is 0.508 e. The SMILES string of the molecule is COc1c(O)cc(C#Cc2cccc(O)c2)cc1O. The first-order valence-corrected chi connectivity index (χ1v) is 5.51. The van der Waals surface area contributed by atoms with Crippen LogP contribution in [0, 0.1) is 11.8 Å². The number of hydrogen-bond acceptors (Lipinski definition) is 4. The van der Waals surface area contributed by atoms with E-state index in [1.807, 2.05) is 0 Å². The van der Waals surface area contributed by atoms with Crippen molar-refractivity contribution in [2.24, 2.45) is 0 Å². The second-order valence-electron chi connectivity index (χ2n) is 3.85. The number of benzene rings is 2. The van der Waals surface area contributed by atoms with Crippen LogP contribution in [0.3, 0.4) is 0 Å². The van der Waals surface area contributed by atoms with Gasteiger partial charge < -0.3 is 20.1 Å². The van der Waals surface area contributed by atoms with E-state index < -0.39 is 0 Å². The fraction of sp³-hybridized carbons (Fsp3) is 0.0667. The van der Waals surface area contributed by atoms with Crippen molar-refractivity contribution in [2.45, 2.75) is 0 Å². The maximum Gasteiger partial charge on any atom is 0.202 e. The maximum atomic E-state index is 9.62. The summed E-state index contributed by atoms with van der Waals surface area (Å²) in [6, 6.07) is 9.30. The van der Waals surface area contributed by atoms with Crippen LogP contribution in [-0.2, 0) is 0 Å². The van der Waals surface area contributed by atoms with Crippen molar-refractivity contribution in [1.29, 1.82) is 0 Å². The molecule has 4 nitrogen and oxygen atoms in total. The molecule has 0 saturated carbocycles. The first-order valence-electron chi connectivity index (χ1n) is 5.51. The van der Waals surface area contributed by atoms with E-state index in [1.54, 1.807) is 18.2 Å². The van der Waals surface area contributed by atoms with Gasteiger partial charge in [0.15, 0.2) is 11.5 Å². The van der Waals surface area contributed by atoms with Gasteiger partial charge in [-0.25, -0.2) is 0 Å². The van der Waals surface area contributed by atoms with Gasteiger partial charge in [-0.2, -0.15) is 0 Å². The Balaban J connectivity index is 2.35. The molecule has 0 saturated heterocycles. The number of phenols is 3. The molecule has 3 N–H and O–H groups in total. The number of methoxy groups -OCH3 is 1. The summed E-state index contributed by atoms with van der Waals surface area (Å²) in [7, 11) is 1.35. The fourth-order valence-electron chi connectivity index (χ4n) is 1.61. The summed E-state index contributed by atoms with van der Waals surface area (Å²) in [5, 5.41) is 28.5. The summed E-state index contributed by atoms with van der Waals surface area (Å²) in [6.07, 6.45) is 0. The van der Waals surface area contributed by atoms with Gasteiger partial charge in [-0.3, -0.25) is 0 Å². The molecule has 0 atom stereocenters. The highest BCUT2D eigenvalue weighted by molar-refractivity contribution is 5.57. The fourth-order valence-corrected chi connectivity index (χ4v) is 1.61. The molecule has 0 unspecified atom stereocenters. The van der Waals surface area contributed by atoms with E-state index >= 15 is 0 Å². The molecule has 0 heterocycles. The molecule has 2 rings (SSSR count). The molecule has 0 bridgehead atoms. The van der Waals surface area contributed by atoms with Crippen LogP contribution < -0.4 is 4.74 Å². The Morgan fingerprint density at radius 2 is 1.53 bits per heavy atom. The molecule has 0 fully saturated rings. The summed E-state index contributed by atoms with van der Waals surface area (Å²) in [5.74, 6) is 5.40. The normalized spacial score (nSPS) is 9.53. The van der Waals surface area contributed by atoms with Gasteiger partial charge in [0.05, 0.1) is 7.11 Å². The maximum absolute atomic E-state index is 9.62. The summed E-state index contributed by atoms with van der Waals surface area (Å²) < 4.78 is 4.83. The minimum Gasteiger partial charge on any atom is -0.508 e. The molecule has 0 aliphatic carbocycles. The van der Waals surface area contributed by atoms with Crippen LogP contribution >= 0.6 is 0 Å². The molecule has 0 aliphatic rings. The van der Waals surface area contributed by atoms with Crippen molar-refractivity contribution >= 4 is 0 Å². The molecule has 0 spiro atoms. The number of phenolic OH excluding ortho intramolecular Hbond substituents is 3. The minimum absolute atomic E-state index is 0.0166. The van der Waals surface area contributed by atoms with Gasteiger partial charge in [0.1, 0.15) is 5.75 Å². The highest BCUT2D eigenvalue weighted by Crippen LogP contribution is 2.36. The van der Waals surface area contributed by atoms with Gasteiger partial charge in [0, 0.05) is 11.1 Å². The summed E-state index contributed by atoms with van der Waals surface area (Å²) in [4.78, 5) is 0. The second kappa shape index (κ2) is 5.23. The number of rotatable bonds is 1. The quantitative estimate of drug-likeness (QED) is 0.684. The Labute approximate surface area is 110 Å². The zero-order valence-electron chi connectivity index (χ0n) is 10.2. The molecule has 96 valence electrons. The highest BCUT2D eigenvalue weighted by Gasteiger charge is 2.08. The molecule has 0 aromatic heterocycles. The summed E-state index contributed by atoms with van der Waals surface area (Å²) in [6.45, 7) is 0. The van der Waals surface area contributed by atoms with Gasteiger partial charge in [-0.1, -0.05) is 17.9 Å². The molecule has 2 aromatic carbocycles. The minimum atomic E-state index is -0.178. The van der Waals surface area contributed by atoms with Crippen molar-refractivity contribution in [3.63, 3.8) is 0 Å². The smallest absolute Gasteiger partial charge is 0.202 e. The molecule has 19 heavy (non-hydrogen) atoms. The molecular formula is C15H12O4. The number of aromatic hydroxyl groups is 3. The third-order valence-corrected chi connectivity index (χ3v) is 2.45. The van der Waals surface area contributed by atoms with E-state index in [9.17, 15) is 15.3 Å². The average molecular weight is 256 g/mol. The Kier molecular flexibility index (Phi) is 3.48. The number of ether oxygens (including phenoxy) is 1. The van der Waals surface area contributed by atoms with Crippen LogP contribution in [0.5, 0.6) is 23.0 Å². The van der Waals surface area contributed by atoms with E-state index in [0.717, 1.165) is 0 Å². The monoisotopic (exact) mass is 256 g/mol. The van der Waals surface area contributed by atoms with Crippen LogP contribution in [0.15, 0.2) is 36.4 Å². The Bertz CT molecular complexity index is 642. The standard InChI is InChI=1S/C15H12O4/c1-19-15-13(17)8-11(9-14(15)18)6-5-10-3-2-4-12(16)7-10/h2-4,7-9,16-18H,1H3. The Hall–Kier alpha value is -2.80. The van der Waals surface area contributed by atoms with Crippen molar-refractivity contribution in [2.75, 3.05) is 7.11 Å². The van der Waals surface area contributed by atoms with Crippen LogP contribution in [0.4, 0.5) is 0 Å². The van der Waals surface area contributed by atoms with Crippen molar-refractivity contribution in [3.05, 3.63) is 47.5 Å². The van der Waals surface area contributed by atoms with Crippen molar-refractivity contribution in [1.82, 2.24) is 0 Å². The lowest BCUT2D eigenvalue weighted by Crippen LogP contribution is -1.86. The van der Waals surface area contributed by atoms with E-state index in [2.05, 4.69) is 11.8 Å². The lowest BCUT2D eigenvalue weighted by atomic mass is 10.1. The van der Waals surface area contributed by atoms with E-state index in [-0.39, 0.29) is 23.0 Å². The lowest BCUT2D eigenvalue weighted by molar-refractivity contribution is 0.344. The third kappa shape index (κ3) is 2.90. The molecule has 0 aliphatic heterocycles. The van der Waals surface area contributed by atoms with Gasteiger partial charge in [-0.05, 0) is 30.3 Å². The summed E-state index contributed by atoms with van der Waals surface area (Å²) in [5.41, 5.74) is 1.08. The van der Waals surface area contributed by atoms with E-state index in [0.29, 0.717) is 11.1 Å². The molecule has 2 aromatic rings. The van der Waals surface area contributed by atoms with E-state index in [1.165, 1.54) is 25.3 Å². The molecule has 4 heteroatoms. The predicted molar refractivity (Wildman–Crippen MR) is 70.4 cm³/mol. The molecular weight excluding hydrogens is 244 g/mol. The van der Waals surface area contributed by atoms with Gasteiger partial charge >= 0.3 is 0 Å². The Morgan fingerprint density at radius 1 is 0.895 bits per heavy atom. The van der Waals surface area contributed by atoms with Gasteiger partial charge in [0.2, 0.25) is 5.75 Å². The molecule has 0 amide bonds. The topological polar surface area (TPSA) is 69.9 Å². The number of hydrogen-bond donors (Lipinski definition) is 3. The lowest BCUT2D eigenvalue weighted by Gasteiger charge is -2.05. The van der Waals surface area contributed by atoms with Crippen molar-refractivity contribution < 1.29 is 20.1 Å².